The standard InChI is InChI=1S/C11H15FN2O5S/c1-8(15)3-2-6-13-20(18,19)11-7-9(14(16)17)4-5-10(11)12/h4-5,7-8,13,15H,2-3,6H2,1H3. The molecule has 20 heavy (non-hydrogen) atoms. The van der Waals surface area contributed by atoms with Crippen LogP contribution in [0.5, 0.6) is 0 Å². The van der Waals surface area contributed by atoms with E-state index in [-0.39, 0.29) is 6.54 Å². The number of aliphatic hydroxyl groups is 1. The van der Waals surface area contributed by atoms with E-state index in [2.05, 4.69) is 4.72 Å². The van der Waals surface area contributed by atoms with Gasteiger partial charge in [-0.1, -0.05) is 0 Å². The Bertz CT molecular complexity index is 588. The van der Waals surface area contributed by atoms with E-state index in [1.807, 2.05) is 0 Å². The van der Waals surface area contributed by atoms with Crippen LogP contribution in [0.4, 0.5) is 10.1 Å². The first kappa shape index (κ1) is 16.5. The Morgan fingerprint density at radius 1 is 1.50 bits per heavy atom. The maximum absolute atomic E-state index is 13.5. The fraction of sp³-hybridized carbons (Fsp3) is 0.455. The van der Waals surface area contributed by atoms with Crippen LogP contribution < -0.4 is 4.72 Å². The predicted molar refractivity (Wildman–Crippen MR) is 69.2 cm³/mol. The van der Waals surface area contributed by atoms with Crippen molar-refractivity contribution in [2.45, 2.75) is 30.8 Å². The molecule has 0 saturated heterocycles. The van der Waals surface area contributed by atoms with E-state index >= 15 is 0 Å². The molecule has 0 amide bonds. The molecule has 0 fully saturated rings. The van der Waals surface area contributed by atoms with Gasteiger partial charge in [0.15, 0.2) is 0 Å². The van der Waals surface area contributed by atoms with Crippen LogP contribution in [0, 0.1) is 15.9 Å². The highest BCUT2D eigenvalue weighted by Gasteiger charge is 2.22. The van der Waals surface area contributed by atoms with E-state index in [1.165, 1.54) is 0 Å². The van der Waals surface area contributed by atoms with Crippen LogP contribution >= 0.6 is 0 Å². The monoisotopic (exact) mass is 306 g/mol. The second-order valence-corrected chi connectivity index (χ2v) is 6.00. The second kappa shape index (κ2) is 6.73. The van der Waals surface area contributed by atoms with Crippen molar-refractivity contribution in [2.75, 3.05) is 6.54 Å². The minimum Gasteiger partial charge on any atom is -0.393 e. The van der Waals surface area contributed by atoms with Crippen molar-refractivity contribution < 1.29 is 22.8 Å². The van der Waals surface area contributed by atoms with E-state index in [9.17, 15) is 22.9 Å². The molecule has 0 aliphatic heterocycles. The van der Waals surface area contributed by atoms with Gasteiger partial charge in [0.2, 0.25) is 10.0 Å². The maximum Gasteiger partial charge on any atom is 0.270 e. The van der Waals surface area contributed by atoms with Crippen molar-refractivity contribution in [3.05, 3.63) is 34.1 Å². The smallest absolute Gasteiger partial charge is 0.270 e. The van der Waals surface area contributed by atoms with Crippen LogP contribution in [-0.4, -0.2) is 31.1 Å². The average molecular weight is 306 g/mol. The van der Waals surface area contributed by atoms with Crippen LogP contribution in [0.15, 0.2) is 23.1 Å². The van der Waals surface area contributed by atoms with Gasteiger partial charge in [0.25, 0.3) is 5.69 Å². The van der Waals surface area contributed by atoms with Gasteiger partial charge in [0, 0.05) is 18.7 Å². The Morgan fingerprint density at radius 3 is 2.70 bits per heavy atom. The molecule has 0 spiro atoms. The number of non-ortho nitro benzene ring substituents is 1. The Labute approximate surface area is 115 Å². The Hall–Kier alpha value is -1.58. The lowest BCUT2D eigenvalue weighted by Crippen LogP contribution is -2.26. The molecule has 1 aromatic rings. The number of benzene rings is 1. The van der Waals surface area contributed by atoms with Crippen LogP contribution in [-0.2, 0) is 10.0 Å². The number of aliphatic hydroxyl groups excluding tert-OH is 1. The van der Waals surface area contributed by atoms with Crippen LogP contribution in [0.25, 0.3) is 0 Å². The molecule has 7 nitrogen and oxygen atoms in total. The van der Waals surface area contributed by atoms with Crippen molar-refractivity contribution in [3.63, 3.8) is 0 Å². The van der Waals surface area contributed by atoms with Gasteiger partial charge in [-0.3, -0.25) is 10.1 Å². The normalized spacial score (nSPS) is 13.2. The molecular formula is C11H15FN2O5S. The molecule has 1 unspecified atom stereocenters. The molecular weight excluding hydrogens is 291 g/mol. The molecule has 0 aromatic heterocycles. The fourth-order valence-corrected chi connectivity index (χ4v) is 2.66. The lowest BCUT2D eigenvalue weighted by Gasteiger charge is -2.08. The fourth-order valence-electron chi connectivity index (χ4n) is 1.49. The van der Waals surface area contributed by atoms with Gasteiger partial charge in [-0.05, 0) is 25.8 Å². The van der Waals surface area contributed by atoms with Crippen molar-refractivity contribution in [2.24, 2.45) is 0 Å². The van der Waals surface area contributed by atoms with E-state index < -0.39 is 37.5 Å². The van der Waals surface area contributed by atoms with Crippen LogP contribution in [0.2, 0.25) is 0 Å². The summed E-state index contributed by atoms with van der Waals surface area (Å²) >= 11 is 0. The molecule has 0 aliphatic rings. The van der Waals surface area contributed by atoms with E-state index in [0.717, 1.165) is 12.1 Å². The first-order valence-corrected chi connectivity index (χ1v) is 7.34. The molecule has 0 aliphatic carbocycles. The first-order valence-electron chi connectivity index (χ1n) is 5.85. The number of nitro benzene ring substituents is 1. The molecule has 112 valence electrons. The summed E-state index contributed by atoms with van der Waals surface area (Å²) in [5.74, 6) is -1.06. The number of nitrogens with zero attached hydrogens (tertiary/aromatic N) is 1. The molecule has 1 rings (SSSR count). The Morgan fingerprint density at radius 2 is 2.15 bits per heavy atom. The second-order valence-electron chi connectivity index (χ2n) is 4.26. The molecule has 0 saturated carbocycles. The Kier molecular flexibility index (Phi) is 5.54. The van der Waals surface area contributed by atoms with Crippen LogP contribution in [0.1, 0.15) is 19.8 Å². The minimum absolute atomic E-state index is 0.00929. The number of hydrogen-bond acceptors (Lipinski definition) is 5. The molecule has 1 atom stereocenters. The summed E-state index contributed by atoms with van der Waals surface area (Å²) in [6, 6.07) is 2.30. The third-order valence-corrected chi connectivity index (χ3v) is 3.98. The molecule has 0 heterocycles. The lowest BCUT2D eigenvalue weighted by atomic mass is 10.2. The zero-order valence-electron chi connectivity index (χ0n) is 10.7. The summed E-state index contributed by atoms with van der Waals surface area (Å²) in [7, 11) is -4.16. The molecule has 2 N–H and O–H groups in total. The van der Waals surface area contributed by atoms with Gasteiger partial charge in [0.1, 0.15) is 10.7 Å². The van der Waals surface area contributed by atoms with Gasteiger partial charge in [-0.25, -0.2) is 17.5 Å². The van der Waals surface area contributed by atoms with Crippen LogP contribution in [0.3, 0.4) is 0 Å². The number of halogens is 1. The van der Waals surface area contributed by atoms with Gasteiger partial charge >= 0.3 is 0 Å². The van der Waals surface area contributed by atoms with Gasteiger partial charge < -0.3 is 5.11 Å². The summed E-state index contributed by atoms with van der Waals surface area (Å²) in [6.07, 6.45) is 0.196. The lowest BCUT2D eigenvalue weighted by molar-refractivity contribution is -0.385. The van der Waals surface area contributed by atoms with E-state index in [4.69, 9.17) is 5.11 Å². The van der Waals surface area contributed by atoms with Crippen molar-refractivity contribution in [1.29, 1.82) is 0 Å². The Balaban J connectivity index is 2.86. The topological polar surface area (TPSA) is 110 Å². The van der Waals surface area contributed by atoms with Gasteiger partial charge in [-0.2, -0.15) is 0 Å². The van der Waals surface area contributed by atoms with E-state index in [1.54, 1.807) is 6.92 Å². The number of hydrogen-bond donors (Lipinski definition) is 2. The zero-order valence-corrected chi connectivity index (χ0v) is 11.6. The van der Waals surface area contributed by atoms with Gasteiger partial charge in [0.05, 0.1) is 11.0 Å². The average Bonchev–Trinajstić information content (AvgIpc) is 2.34. The summed E-state index contributed by atoms with van der Waals surface area (Å²) in [6.45, 7) is 1.57. The summed E-state index contributed by atoms with van der Waals surface area (Å²) in [5.41, 5.74) is -0.504. The first-order chi connectivity index (χ1) is 9.24. The van der Waals surface area contributed by atoms with E-state index in [0.29, 0.717) is 18.9 Å². The predicted octanol–water partition coefficient (Wildman–Crippen LogP) is 1.17. The summed E-state index contributed by atoms with van der Waals surface area (Å²) in [5, 5.41) is 19.6. The highest BCUT2D eigenvalue weighted by atomic mass is 32.2. The molecule has 0 bridgehead atoms. The third kappa shape index (κ3) is 4.51. The number of nitrogens with one attached hydrogen (secondary N) is 1. The van der Waals surface area contributed by atoms with Crippen molar-refractivity contribution in [3.8, 4) is 0 Å². The largest absolute Gasteiger partial charge is 0.393 e. The molecule has 0 radical (unpaired) electrons. The maximum atomic E-state index is 13.5. The minimum atomic E-state index is -4.16. The molecule has 9 heteroatoms. The van der Waals surface area contributed by atoms with Crippen molar-refractivity contribution >= 4 is 15.7 Å². The summed E-state index contributed by atoms with van der Waals surface area (Å²) < 4.78 is 39.3. The summed E-state index contributed by atoms with van der Waals surface area (Å²) in [4.78, 5) is 9.01. The third-order valence-electron chi connectivity index (χ3n) is 2.51. The highest BCUT2D eigenvalue weighted by molar-refractivity contribution is 7.89. The number of rotatable bonds is 7. The zero-order chi connectivity index (χ0) is 15.3. The number of sulfonamides is 1. The quantitative estimate of drug-likeness (QED) is 0.446. The number of nitro groups is 1. The SMILES string of the molecule is CC(O)CCCNS(=O)(=O)c1cc([N+](=O)[O-])ccc1F. The van der Waals surface area contributed by atoms with Gasteiger partial charge in [-0.15, -0.1) is 0 Å². The highest BCUT2D eigenvalue weighted by Crippen LogP contribution is 2.20. The van der Waals surface area contributed by atoms with Crippen molar-refractivity contribution in [1.82, 2.24) is 4.72 Å². The molecule has 1 aromatic carbocycles.